The van der Waals surface area contributed by atoms with Crippen molar-refractivity contribution in [2.75, 3.05) is 0 Å². The van der Waals surface area contributed by atoms with Gasteiger partial charge in [0.05, 0.1) is 50.3 Å². The molecule has 0 N–H and O–H groups in total. The molecule has 0 spiro atoms. The summed E-state index contributed by atoms with van der Waals surface area (Å²) < 4.78 is 4.52. The Bertz CT molecular complexity index is 2810. The molecule has 4 aromatic heterocycles. The molecule has 4 heterocycles. The van der Waals surface area contributed by atoms with Crippen LogP contribution in [0, 0.1) is 0 Å². The summed E-state index contributed by atoms with van der Waals surface area (Å²) in [6.45, 7) is 0. The van der Waals surface area contributed by atoms with E-state index in [0.29, 0.717) is 0 Å². The Morgan fingerprint density at radius 3 is 1.61 bits per heavy atom. The number of benzene rings is 6. The van der Waals surface area contributed by atoms with Gasteiger partial charge in [0.25, 0.3) is 0 Å². The van der Waals surface area contributed by atoms with Crippen molar-refractivity contribution in [2.45, 2.75) is 0 Å². The lowest BCUT2D eigenvalue weighted by molar-refractivity contribution is 1.07. The number of fused-ring (bicyclic) bond motifs is 9. The zero-order valence-corrected chi connectivity index (χ0v) is 24.5. The Kier molecular flexibility index (Phi) is 5.19. The molecular formula is C40H24N6. The molecule has 0 aliphatic rings. The molecule has 0 fully saturated rings. The van der Waals surface area contributed by atoms with Gasteiger partial charge in [0, 0.05) is 27.1 Å². The molecule has 0 atom stereocenters. The minimum Gasteiger partial charge on any atom is -0.292 e. The van der Waals surface area contributed by atoms with Gasteiger partial charge in [-0.2, -0.15) is 0 Å². The third-order valence-electron chi connectivity index (χ3n) is 8.95. The topological polar surface area (TPSA) is 61.4 Å². The zero-order valence-electron chi connectivity index (χ0n) is 24.5. The highest BCUT2D eigenvalue weighted by Gasteiger charge is 2.23. The highest BCUT2D eigenvalue weighted by molar-refractivity contribution is 6.29. The van der Waals surface area contributed by atoms with Crippen LogP contribution < -0.4 is 0 Å². The molecular weight excluding hydrogens is 564 g/mol. The van der Waals surface area contributed by atoms with Gasteiger partial charge in [0.1, 0.15) is 5.69 Å². The predicted molar refractivity (Wildman–Crippen MR) is 187 cm³/mol. The first kappa shape index (κ1) is 25.0. The average molecular weight is 589 g/mol. The van der Waals surface area contributed by atoms with E-state index in [1.54, 1.807) is 0 Å². The van der Waals surface area contributed by atoms with Gasteiger partial charge in [-0.15, -0.1) is 0 Å². The van der Waals surface area contributed by atoms with Gasteiger partial charge in [-0.3, -0.25) is 14.1 Å². The van der Waals surface area contributed by atoms with Crippen molar-refractivity contribution in [3.63, 3.8) is 0 Å². The fourth-order valence-corrected chi connectivity index (χ4v) is 6.98. The molecule has 0 aliphatic heterocycles. The first-order valence-corrected chi connectivity index (χ1v) is 15.3. The van der Waals surface area contributed by atoms with E-state index in [0.717, 1.165) is 77.8 Å². The van der Waals surface area contributed by atoms with Crippen LogP contribution in [0.1, 0.15) is 0 Å². The summed E-state index contributed by atoms with van der Waals surface area (Å²) in [6.07, 6.45) is 1.87. The molecule has 0 aliphatic carbocycles. The number of para-hydroxylation sites is 6. The van der Waals surface area contributed by atoms with Gasteiger partial charge in [-0.05, 0) is 48.5 Å². The van der Waals surface area contributed by atoms with E-state index in [2.05, 4.69) is 94.1 Å². The second kappa shape index (κ2) is 9.55. The van der Waals surface area contributed by atoms with Crippen molar-refractivity contribution < 1.29 is 0 Å². The Balaban J connectivity index is 1.36. The Labute approximate surface area is 262 Å². The van der Waals surface area contributed by atoms with E-state index < -0.39 is 0 Å². The average Bonchev–Trinajstić information content (AvgIpc) is 3.64. The molecule has 46 heavy (non-hydrogen) atoms. The van der Waals surface area contributed by atoms with Gasteiger partial charge in [-0.1, -0.05) is 91.0 Å². The van der Waals surface area contributed by atoms with Crippen molar-refractivity contribution >= 4 is 65.7 Å². The summed E-state index contributed by atoms with van der Waals surface area (Å²) in [6, 6.07) is 48.0. The first-order chi connectivity index (χ1) is 22.8. The van der Waals surface area contributed by atoms with Crippen molar-refractivity contribution in [3.8, 4) is 22.9 Å². The molecule has 0 amide bonds. The number of hydrogen-bond donors (Lipinski definition) is 0. The Hall–Kier alpha value is -6.40. The van der Waals surface area contributed by atoms with Gasteiger partial charge < -0.3 is 0 Å². The van der Waals surface area contributed by atoms with E-state index in [-0.39, 0.29) is 0 Å². The lowest BCUT2D eigenvalue weighted by Crippen LogP contribution is -2.03. The largest absolute Gasteiger partial charge is 0.292 e. The molecule has 0 saturated heterocycles. The summed E-state index contributed by atoms with van der Waals surface area (Å²) >= 11 is 0. The van der Waals surface area contributed by atoms with Crippen LogP contribution in [0.4, 0.5) is 0 Å². The van der Waals surface area contributed by atoms with Gasteiger partial charge in [-0.25, -0.2) is 15.0 Å². The molecule has 0 radical (unpaired) electrons. The van der Waals surface area contributed by atoms with Crippen molar-refractivity contribution in [1.82, 2.24) is 29.1 Å². The lowest BCUT2D eigenvalue weighted by Gasteiger charge is -2.13. The van der Waals surface area contributed by atoms with E-state index in [9.17, 15) is 0 Å². The molecule has 10 rings (SSSR count). The summed E-state index contributed by atoms with van der Waals surface area (Å²) in [4.78, 5) is 20.3. The molecule has 214 valence electrons. The molecule has 0 unspecified atom stereocenters. The molecule has 6 aromatic carbocycles. The number of hydrogen-bond acceptors (Lipinski definition) is 4. The van der Waals surface area contributed by atoms with E-state index in [1.807, 2.05) is 60.8 Å². The number of rotatable bonds is 3. The predicted octanol–water partition coefficient (Wildman–Crippen LogP) is 9.43. The maximum absolute atomic E-state index is 5.30. The normalized spacial score (nSPS) is 11.9. The Morgan fingerprint density at radius 2 is 0.913 bits per heavy atom. The first-order valence-electron chi connectivity index (χ1n) is 15.3. The Morgan fingerprint density at radius 1 is 0.391 bits per heavy atom. The molecule has 6 nitrogen and oxygen atoms in total. The van der Waals surface area contributed by atoms with Crippen LogP contribution in [0.15, 0.2) is 146 Å². The monoisotopic (exact) mass is 588 g/mol. The number of nitrogens with zero attached hydrogens (tertiary/aromatic N) is 6. The van der Waals surface area contributed by atoms with E-state index >= 15 is 0 Å². The summed E-state index contributed by atoms with van der Waals surface area (Å²) in [5, 5.41) is 4.66. The lowest BCUT2D eigenvalue weighted by atomic mass is 10.1. The van der Waals surface area contributed by atoms with Crippen LogP contribution in [0.2, 0.25) is 0 Å². The fraction of sp³-hybridized carbons (Fsp3) is 0. The summed E-state index contributed by atoms with van der Waals surface area (Å²) in [7, 11) is 0. The third kappa shape index (κ3) is 3.52. The highest BCUT2D eigenvalue weighted by Crippen LogP contribution is 2.43. The quantitative estimate of drug-likeness (QED) is 0.206. The van der Waals surface area contributed by atoms with Crippen LogP contribution in [0.25, 0.3) is 88.6 Å². The van der Waals surface area contributed by atoms with Gasteiger partial charge in [0.15, 0.2) is 11.6 Å². The second-order valence-electron chi connectivity index (χ2n) is 11.5. The van der Waals surface area contributed by atoms with Crippen LogP contribution in [-0.4, -0.2) is 29.1 Å². The van der Waals surface area contributed by atoms with Gasteiger partial charge >= 0.3 is 0 Å². The summed E-state index contributed by atoms with van der Waals surface area (Å²) in [5.74, 6) is 1.60. The third-order valence-corrected chi connectivity index (χ3v) is 8.95. The van der Waals surface area contributed by atoms with Crippen molar-refractivity contribution in [2.24, 2.45) is 0 Å². The van der Waals surface area contributed by atoms with Crippen LogP contribution in [0.3, 0.4) is 0 Å². The zero-order chi connectivity index (χ0) is 30.2. The standard InChI is InChI=1S/C40H24N6/c1-2-12-25(13-3-1)39-40(44-31-19-9-8-18-30(31)43-39)46-33-21-11-5-15-27(33)38-35(46)23-22-34-37(38)26-14-4-10-20-32(26)45(34)36-24-41-28-16-6-7-17-29(28)42-36/h1-24H. The van der Waals surface area contributed by atoms with E-state index in [4.69, 9.17) is 19.9 Å². The maximum Gasteiger partial charge on any atom is 0.165 e. The second-order valence-corrected chi connectivity index (χ2v) is 11.5. The molecule has 0 bridgehead atoms. The van der Waals surface area contributed by atoms with Crippen LogP contribution in [-0.2, 0) is 0 Å². The molecule has 6 heteroatoms. The van der Waals surface area contributed by atoms with Crippen LogP contribution >= 0.6 is 0 Å². The minimum absolute atomic E-state index is 0.791. The summed E-state index contributed by atoms with van der Waals surface area (Å²) in [5.41, 5.74) is 9.65. The molecule has 10 aromatic rings. The minimum atomic E-state index is 0.791. The van der Waals surface area contributed by atoms with Crippen molar-refractivity contribution in [1.29, 1.82) is 0 Å². The fourth-order valence-electron chi connectivity index (χ4n) is 6.98. The van der Waals surface area contributed by atoms with Gasteiger partial charge in [0.2, 0.25) is 0 Å². The van der Waals surface area contributed by atoms with E-state index in [1.165, 1.54) is 10.8 Å². The SMILES string of the molecule is c1ccc(-c2nc3ccccc3nc2-n2c3ccccc3c3c4c5ccccc5n(-c5cnc6ccccc6n5)c4ccc32)cc1. The highest BCUT2D eigenvalue weighted by atomic mass is 15.1. The molecule has 0 saturated carbocycles. The van der Waals surface area contributed by atoms with Crippen LogP contribution in [0.5, 0.6) is 0 Å². The van der Waals surface area contributed by atoms with Crippen molar-refractivity contribution in [3.05, 3.63) is 146 Å². The number of aromatic nitrogens is 6. The maximum atomic E-state index is 5.30. The smallest absolute Gasteiger partial charge is 0.165 e.